The van der Waals surface area contributed by atoms with Crippen molar-refractivity contribution in [2.75, 3.05) is 53.6 Å². The second-order valence-electron chi connectivity index (χ2n) is 27.1. The molecule has 4 atom stereocenters. The monoisotopic (exact) mass is 1470 g/mol. The molecular weight excluding hydrogens is 1360 g/mol. The number of alkyl carbamates (subject to hydrolysis) is 4. The van der Waals surface area contributed by atoms with Crippen LogP contribution in [0.5, 0.6) is 0 Å². The molecule has 0 spiro atoms. The van der Waals surface area contributed by atoms with Crippen molar-refractivity contribution in [3.8, 4) is 0 Å². The van der Waals surface area contributed by atoms with Crippen molar-refractivity contribution in [1.29, 1.82) is 0 Å². The Kier molecular flexibility index (Phi) is 32.0. The summed E-state index contributed by atoms with van der Waals surface area (Å²) in [6.45, 7) is 10.7. The van der Waals surface area contributed by atoms with E-state index < -0.39 is 274 Å². The smallest absolute Gasteiger partial charge is 0.409 e. The lowest BCUT2D eigenvalue weighted by molar-refractivity contribution is -0.165. The highest BCUT2D eigenvalue weighted by Crippen LogP contribution is 2.22. The molecule has 12 N–H and O–H groups in total. The number of aldehydes is 7. The van der Waals surface area contributed by atoms with Crippen LogP contribution in [0, 0.1) is 5.41 Å². The van der Waals surface area contributed by atoms with Gasteiger partial charge < -0.3 is 135 Å². The standard InChI is InChI=1S/C62H98N12O28/c1-37(82)61(16,17)70-45(86)21-41(49(90)74-60(14,15)28-81)66-53(94)102-36-98-32-62(29-95-33-99-50(91)63-38(46(87)71-57(8,9)25-78)18-42(83)67-54(2,3)22-75,30-96-34-100-51(92)64-39(47(88)72-58(10,11)26-79)19-43(84)68-55(4,5)23-76)31-97-35-101-52(93)65-40(48(89)73-59(12,13)27-80)20-44(85)69-56(6,7)24-77/h22-28,38-41H,18-21,29-36H2,1-17H3,(H,63,91)(H,64,92)(H,65,93)(H,66,94)(H,67,83)(H,68,84)(H,69,85)(H,70,86)(H,71,87)(H,72,88)(H,73,89)(H,74,90)/i22D,23D,24D,25D,26D,27D,28D. The zero-order valence-corrected chi connectivity index (χ0v) is 59.7. The number of amides is 12. The van der Waals surface area contributed by atoms with Gasteiger partial charge in [0.05, 0.1) is 102 Å². The molecule has 0 saturated heterocycles. The van der Waals surface area contributed by atoms with Crippen LogP contribution in [0.4, 0.5) is 19.2 Å². The minimum Gasteiger partial charge on any atom is -0.422 e. The predicted molar refractivity (Wildman–Crippen MR) is 349 cm³/mol. The Balaban J connectivity index is 7.99. The van der Waals surface area contributed by atoms with Crippen molar-refractivity contribution >= 4 is 121 Å². The number of nitrogens with one attached hydrogen (secondary N) is 12. The lowest BCUT2D eigenvalue weighted by Crippen LogP contribution is -2.56. The van der Waals surface area contributed by atoms with Gasteiger partial charge in [-0.15, -0.1) is 0 Å². The van der Waals surface area contributed by atoms with Crippen LogP contribution in [-0.4, -0.2) is 243 Å². The van der Waals surface area contributed by atoms with E-state index in [9.17, 15) is 95.9 Å². The molecule has 4 unspecified atom stereocenters. The van der Waals surface area contributed by atoms with Crippen LogP contribution < -0.4 is 63.8 Å². The lowest BCUT2D eigenvalue weighted by Gasteiger charge is -2.32. The zero-order chi connectivity index (χ0) is 85.0. The fourth-order valence-electron chi connectivity index (χ4n) is 7.42. The van der Waals surface area contributed by atoms with Gasteiger partial charge in [-0.05, 0) is 118 Å². The Labute approximate surface area is 598 Å². The third kappa shape index (κ3) is 38.0. The number of carbonyl (C=O) groups excluding carboxylic acids is 20. The maximum Gasteiger partial charge on any atom is 0.409 e. The summed E-state index contributed by atoms with van der Waals surface area (Å²) in [5, 5.41) is 25.8. The molecule has 0 saturated carbocycles. The average Bonchev–Trinajstić information content (AvgIpc) is 0.860. The first-order valence-electron chi connectivity index (χ1n) is 34.1. The fraction of sp³-hybridized carbons (Fsp3) is 0.677. The van der Waals surface area contributed by atoms with Crippen LogP contribution in [-0.2, 0) is 115 Å². The number of rotatable bonds is 48. The summed E-state index contributed by atoms with van der Waals surface area (Å²) in [5.74, 6) is -9.92. The molecule has 0 fully saturated rings. The summed E-state index contributed by atoms with van der Waals surface area (Å²) in [6.07, 6.45) is -19.4. The molecule has 0 aliphatic carbocycles. The predicted octanol–water partition coefficient (Wildman–Crippen LogP) is -3.05. The third-order valence-electron chi connectivity index (χ3n) is 12.9. The van der Waals surface area contributed by atoms with Crippen LogP contribution in [0.15, 0.2) is 0 Å². The van der Waals surface area contributed by atoms with E-state index in [1.807, 2.05) is 16.0 Å². The van der Waals surface area contributed by atoms with Crippen LogP contribution in [0.25, 0.3) is 0 Å². The molecule has 0 rings (SSSR count). The zero-order valence-electron chi connectivity index (χ0n) is 66.7. The van der Waals surface area contributed by atoms with Crippen molar-refractivity contribution in [3.05, 3.63) is 0 Å². The summed E-state index contributed by atoms with van der Waals surface area (Å²) in [4.78, 5) is 257. The van der Waals surface area contributed by atoms with Gasteiger partial charge in [-0.1, -0.05) is 0 Å². The number of carbonyl (C=O) groups is 20. The molecule has 0 aliphatic heterocycles. The van der Waals surface area contributed by atoms with E-state index in [0.717, 1.165) is 104 Å². The molecule has 102 heavy (non-hydrogen) atoms. The van der Waals surface area contributed by atoms with Gasteiger partial charge in [0, 0.05) is 0 Å². The first-order chi connectivity index (χ1) is 49.5. The van der Waals surface area contributed by atoms with E-state index in [1.54, 1.807) is 0 Å². The molecule has 0 aromatic carbocycles. The minimum atomic E-state index is -2.11. The Morgan fingerprint density at radius 3 is 0.657 bits per heavy atom. The van der Waals surface area contributed by atoms with Crippen LogP contribution in [0.1, 0.15) is 153 Å². The molecule has 12 amide bonds. The number of ether oxygens (including phenoxy) is 8. The van der Waals surface area contributed by atoms with Crippen LogP contribution in [0.2, 0.25) is 0 Å². The van der Waals surface area contributed by atoms with Crippen molar-refractivity contribution in [2.24, 2.45) is 5.41 Å². The number of hydrogen-bond acceptors (Lipinski definition) is 28. The summed E-state index contributed by atoms with van der Waals surface area (Å²) < 4.78 is 95.7. The quantitative estimate of drug-likeness (QED) is 0.0125. The van der Waals surface area contributed by atoms with Gasteiger partial charge in [-0.3, -0.25) is 43.2 Å². The highest BCUT2D eigenvalue weighted by molar-refractivity contribution is 5.97. The highest BCUT2D eigenvalue weighted by atomic mass is 16.7. The Hall–Kier alpha value is -9.96. The summed E-state index contributed by atoms with van der Waals surface area (Å²) in [7, 11) is 0. The highest BCUT2D eigenvalue weighted by Gasteiger charge is 2.38. The molecule has 0 radical (unpaired) electrons. The second-order valence-corrected chi connectivity index (χ2v) is 27.1. The van der Waals surface area contributed by atoms with E-state index in [2.05, 4.69) is 47.9 Å². The maximum absolute atomic E-state index is 13.5. The van der Waals surface area contributed by atoms with Crippen molar-refractivity contribution in [3.63, 3.8) is 0 Å². The maximum atomic E-state index is 13.5. The van der Waals surface area contributed by atoms with Gasteiger partial charge in [0.1, 0.15) is 77.6 Å². The molecule has 40 nitrogen and oxygen atoms in total. The summed E-state index contributed by atoms with van der Waals surface area (Å²) in [5.41, 5.74) is -16.9. The average molecular weight is 1470 g/mol. The van der Waals surface area contributed by atoms with E-state index in [0.29, 0.717) is 0 Å². The number of hydrogen-bond donors (Lipinski definition) is 12. The van der Waals surface area contributed by atoms with E-state index in [4.69, 9.17) is 47.5 Å². The van der Waals surface area contributed by atoms with Gasteiger partial charge in [0.25, 0.3) is 0 Å². The lowest BCUT2D eigenvalue weighted by atomic mass is 9.92. The van der Waals surface area contributed by atoms with E-state index in [-0.39, 0.29) is 0 Å². The number of Topliss-reactive ketones (excluding diaryl/α,β-unsaturated/α-hetero) is 1. The molecule has 0 heterocycles. The fourth-order valence-corrected chi connectivity index (χ4v) is 7.42. The van der Waals surface area contributed by atoms with Crippen LogP contribution >= 0.6 is 0 Å². The third-order valence-corrected chi connectivity index (χ3v) is 12.9. The topological polar surface area (TPSA) is 560 Å². The Bertz CT molecular complexity index is 3010. The molecular formula is C62H98N12O28. The van der Waals surface area contributed by atoms with Gasteiger partial charge in [-0.25, -0.2) is 19.2 Å². The molecule has 0 aromatic heterocycles. The van der Waals surface area contributed by atoms with Gasteiger partial charge in [-0.2, -0.15) is 0 Å². The first kappa shape index (κ1) is 79.4. The second kappa shape index (κ2) is 41.1. The Morgan fingerprint density at radius 2 is 0.480 bits per heavy atom. The SMILES string of the molecule is [2H]C(=O)C(C)(C)NC(=O)CC(NC(=O)OCOCC(COCOC(=O)NC(CC(=O)NC(C)(C)C([2H])=O)C(=O)NC(C)(C)C([2H])=O)(COCOC(=O)NC(CC(=O)NC(C)(C)C([2H])=O)C(=O)NC(C)(C)C([2H])=O)COCOC(=O)NC(CC(=O)NC(C)(C)C(C)=O)C(=O)NC(C)(C)C([2H])=O)C(=O)NC(C)(C)C([2H])=O. The van der Waals surface area contributed by atoms with E-state index in [1.165, 1.54) is 13.8 Å². The van der Waals surface area contributed by atoms with E-state index >= 15 is 0 Å². The molecule has 40 heteroatoms. The van der Waals surface area contributed by atoms with Gasteiger partial charge in [0.2, 0.25) is 47.3 Å². The largest absolute Gasteiger partial charge is 0.422 e. The molecule has 0 aliphatic rings. The van der Waals surface area contributed by atoms with Crippen molar-refractivity contribution in [2.45, 2.75) is 212 Å². The number of ketones is 1. The van der Waals surface area contributed by atoms with Crippen molar-refractivity contribution < 1.29 is 143 Å². The van der Waals surface area contributed by atoms with Crippen LogP contribution in [0.3, 0.4) is 0 Å². The van der Waals surface area contributed by atoms with Crippen molar-refractivity contribution in [1.82, 2.24) is 63.8 Å². The summed E-state index contributed by atoms with van der Waals surface area (Å²) >= 11 is 0. The Morgan fingerprint density at radius 1 is 0.304 bits per heavy atom. The van der Waals surface area contributed by atoms with Gasteiger partial charge in [0.15, 0.2) is 33.0 Å². The minimum absolute atomic E-state index is 0.537. The molecule has 0 aromatic rings. The first-order valence-corrected chi connectivity index (χ1v) is 30.6. The van der Waals surface area contributed by atoms with Gasteiger partial charge >= 0.3 is 24.4 Å². The molecule has 0 bridgehead atoms. The summed E-state index contributed by atoms with van der Waals surface area (Å²) in [6, 6.07) is -7.88. The normalized spacial score (nSPS) is 14.7. The molecule has 574 valence electrons.